The van der Waals surface area contributed by atoms with Crippen molar-refractivity contribution >= 4 is 23.2 Å². The van der Waals surface area contributed by atoms with E-state index in [-0.39, 0.29) is 23.9 Å². The highest BCUT2D eigenvalue weighted by Crippen LogP contribution is 2.31. The summed E-state index contributed by atoms with van der Waals surface area (Å²) in [4.78, 5) is 34.1. The van der Waals surface area contributed by atoms with Crippen LogP contribution in [0.25, 0.3) is 0 Å². The zero-order valence-corrected chi connectivity index (χ0v) is 14.0. The van der Waals surface area contributed by atoms with Crippen LogP contribution in [-0.4, -0.2) is 58.3 Å². The molecule has 2 atom stereocenters. The van der Waals surface area contributed by atoms with Gasteiger partial charge in [-0.1, -0.05) is 0 Å². The van der Waals surface area contributed by atoms with Gasteiger partial charge in [-0.15, -0.1) is 11.3 Å². The molecule has 1 N–H and O–H groups in total. The molecule has 2 amide bonds. The van der Waals surface area contributed by atoms with E-state index in [4.69, 9.17) is 0 Å². The first-order valence-electron chi connectivity index (χ1n) is 8.47. The fourth-order valence-electron chi connectivity index (χ4n) is 3.95. The lowest BCUT2D eigenvalue weighted by Crippen LogP contribution is -2.42. The highest BCUT2D eigenvalue weighted by atomic mass is 32.1. The molecule has 6 nitrogen and oxygen atoms in total. The Morgan fingerprint density at radius 2 is 2.09 bits per heavy atom. The molecule has 3 saturated heterocycles. The van der Waals surface area contributed by atoms with Crippen LogP contribution in [0, 0.1) is 0 Å². The van der Waals surface area contributed by atoms with Crippen LogP contribution < -0.4 is 5.32 Å². The molecule has 0 radical (unpaired) electrons. The van der Waals surface area contributed by atoms with Crippen molar-refractivity contribution in [2.24, 2.45) is 0 Å². The topological polar surface area (TPSA) is 65.5 Å². The summed E-state index contributed by atoms with van der Waals surface area (Å²) in [5.74, 6) is 0.119. The number of likely N-dealkylation sites (tertiary alicyclic amines) is 1. The molecule has 1 aromatic rings. The summed E-state index contributed by atoms with van der Waals surface area (Å²) in [5.41, 5.74) is 0. The second kappa shape index (κ2) is 6.20. The molecule has 0 unspecified atom stereocenters. The number of carbonyl (C=O) groups is 2. The molecule has 2 bridgehead atoms. The van der Waals surface area contributed by atoms with E-state index < -0.39 is 0 Å². The number of rotatable bonds is 3. The van der Waals surface area contributed by atoms with Crippen LogP contribution in [0.3, 0.4) is 0 Å². The van der Waals surface area contributed by atoms with E-state index >= 15 is 0 Å². The summed E-state index contributed by atoms with van der Waals surface area (Å²) in [5, 5.41) is 3.93. The molecule has 23 heavy (non-hydrogen) atoms. The minimum Gasteiger partial charge on any atom is -0.354 e. The number of aromatic nitrogens is 1. The van der Waals surface area contributed by atoms with Crippen LogP contribution in [0.4, 0.5) is 0 Å². The van der Waals surface area contributed by atoms with Gasteiger partial charge in [0.15, 0.2) is 0 Å². The molecule has 7 heteroatoms. The molecular weight excluding hydrogens is 312 g/mol. The number of hydrogen-bond acceptors (Lipinski definition) is 5. The van der Waals surface area contributed by atoms with Gasteiger partial charge < -0.3 is 10.2 Å². The fourth-order valence-corrected chi connectivity index (χ4v) is 4.86. The van der Waals surface area contributed by atoms with Gasteiger partial charge in [-0.2, -0.15) is 0 Å². The van der Waals surface area contributed by atoms with Crippen molar-refractivity contribution in [3.05, 3.63) is 16.1 Å². The second-order valence-electron chi connectivity index (χ2n) is 6.71. The second-order valence-corrected chi connectivity index (χ2v) is 7.82. The molecule has 0 spiro atoms. The lowest BCUT2D eigenvalue weighted by atomic mass is 10.1. The first-order chi connectivity index (χ1) is 11.2. The first kappa shape index (κ1) is 15.1. The van der Waals surface area contributed by atoms with Gasteiger partial charge in [-0.25, -0.2) is 4.98 Å². The van der Waals surface area contributed by atoms with Gasteiger partial charge in [0.1, 0.15) is 9.88 Å². The number of nitrogens with zero attached hydrogens (tertiary/aromatic N) is 3. The highest BCUT2D eigenvalue weighted by Gasteiger charge is 2.41. The quantitative estimate of drug-likeness (QED) is 0.903. The molecular formula is C16H22N4O2S. The first-order valence-corrected chi connectivity index (χ1v) is 9.29. The summed E-state index contributed by atoms with van der Waals surface area (Å²) in [6, 6.07) is 0.196. The lowest BCUT2D eigenvalue weighted by Gasteiger charge is -2.26. The number of nitrogens with one attached hydrogen (secondary N) is 1. The number of fused-ring (bicyclic) bond motifs is 2. The summed E-state index contributed by atoms with van der Waals surface area (Å²) in [7, 11) is 0. The largest absolute Gasteiger partial charge is 0.354 e. The Kier molecular flexibility index (Phi) is 4.07. The van der Waals surface area contributed by atoms with E-state index in [0.29, 0.717) is 17.8 Å². The Morgan fingerprint density at radius 3 is 2.91 bits per heavy atom. The third-order valence-electron chi connectivity index (χ3n) is 5.13. The number of amides is 2. The monoisotopic (exact) mass is 334 g/mol. The predicted octanol–water partition coefficient (Wildman–Crippen LogP) is 1.23. The smallest absolute Gasteiger partial charge is 0.266 e. The predicted molar refractivity (Wildman–Crippen MR) is 87.2 cm³/mol. The molecule has 1 aromatic heterocycles. The van der Waals surface area contributed by atoms with E-state index in [0.717, 1.165) is 37.5 Å². The van der Waals surface area contributed by atoms with Crippen molar-refractivity contribution in [2.45, 2.75) is 50.7 Å². The average Bonchev–Trinajstić information content (AvgIpc) is 3.23. The van der Waals surface area contributed by atoms with Crippen molar-refractivity contribution < 1.29 is 9.59 Å². The van der Waals surface area contributed by atoms with Crippen molar-refractivity contribution in [1.29, 1.82) is 0 Å². The van der Waals surface area contributed by atoms with Gasteiger partial charge in [-0.3, -0.25) is 14.5 Å². The Hall–Kier alpha value is -1.47. The van der Waals surface area contributed by atoms with E-state index in [1.165, 1.54) is 24.2 Å². The summed E-state index contributed by atoms with van der Waals surface area (Å²) in [6.45, 7) is 3.70. The normalized spacial score (nSPS) is 28.0. The average molecular weight is 334 g/mol. The Balaban J connectivity index is 1.48. The van der Waals surface area contributed by atoms with Gasteiger partial charge >= 0.3 is 0 Å². The molecule has 4 rings (SSSR count). The van der Waals surface area contributed by atoms with Crippen molar-refractivity contribution in [1.82, 2.24) is 20.1 Å². The third-order valence-corrected chi connectivity index (χ3v) is 6.10. The van der Waals surface area contributed by atoms with Gasteiger partial charge in [0.2, 0.25) is 5.91 Å². The molecule has 3 fully saturated rings. The van der Waals surface area contributed by atoms with Gasteiger partial charge in [0.05, 0.1) is 12.7 Å². The van der Waals surface area contributed by atoms with E-state index in [1.807, 2.05) is 4.90 Å². The fraction of sp³-hybridized carbons (Fsp3) is 0.688. The zero-order chi connectivity index (χ0) is 15.8. The van der Waals surface area contributed by atoms with Gasteiger partial charge in [0, 0.05) is 25.0 Å². The van der Waals surface area contributed by atoms with Crippen molar-refractivity contribution in [3.63, 3.8) is 0 Å². The molecule has 4 heterocycles. The SMILES string of the molecule is O=C1C[C@@H]2CC[C@H](CN1)N2C(=O)c1cnc(CN2CCCC2)s1. The molecule has 3 aliphatic heterocycles. The van der Waals surface area contributed by atoms with Crippen LogP contribution in [0.1, 0.15) is 46.8 Å². The Morgan fingerprint density at radius 1 is 1.30 bits per heavy atom. The van der Waals surface area contributed by atoms with Crippen LogP contribution in [0.2, 0.25) is 0 Å². The minimum absolute atomic E-state index is 0.0548. The molecule has 0 aliphatic carbocycles. The van der Waals surface area contributed by atoms with Gasteiger partial charge in [0.25, 0.3) is 5.91 Å². The van der Waals surface area contributed by atoms with Crippen LogP contribution in [-0.2, 0) is 11.3 Å². The third kappa shape index (κ3) is 2.99. The van der Waals surface area contributed by atoms with E-state index in [2.05, 4.69) is 15.2 Å². The molecule has 0 aromatic carbocycles. The summed E-state index contributed by atoms with van der Waals surface area (Å²) < 4.78 is 0. The van der Waals surface area contributed by atoms with E-state index in [9.17, 15) is 9.59 Å². The minimum atomic E-state index is 0.0548. The van der Waals surface area contributed by atoms with Crippen LogP contribution >= 0.6 is 11.3 Å². The molecule has 0 saturated carbocycles. The maximum Gasteiger partial charge on any atom is 0.266 e. The maximum atomic E-state index is 12.9. The number of hydrogen-bond donors (Lipinski definition) is 1. The Bertz CT molecular complexity index is 611. The Labute approximate surface area is 139 Å². The van der Waals surface area contributed by atoms with E-state index in [1.54, 1.807) is 6.20 Å². The summed E-state index contributed by atoms with van der Waals surface area (Å²) in [6.07, 6.45) is 6.59. The number of carbonyl (C=O) groups excluding carboxylic acids is 2. The van der Waals surface area contributed by atoms with Crippen LogP contribution in [0.15, 0.2) is 6.20 Å². The highest BCUT2D eigenvalue weighted by molar-refractivity contribution is 7.13. The molecule has 3 aliphatic rings. The summed E-state index contributed by atoms with van der Waals surface area (Å²) >= 11 is 1.51. The number of thiazole rings is 1. The lowest BCUT2D eigenvalue weighted by molar-refractivity contribution is -0.121. The zero-order valence-electron chi connectivity index (χ0n) is 13.2. The maximum absolute atomic E-state index is 12.9. The standard InChI is InChI=1S/C16H22N4O2S/c21-14-7-11-3-4-12(8-17-14)20(11)16(22)13-9-18-15(23-13)10-19-5-1-2-6-19/h9,11-12H,1-8,10H2,(H,17,21)/t11-,12+/m0/s1. The van der Waals surface area contributed by atoms with Gasteiger partial charge in [-0.05, 0) is 38.8 Å². The van der Waals surface area contributed by atoms with Crippen LogP contribution in [0.5, 0.6) is 0 Å². The molecule has 124 valence electrons. The van der Waals surface area contributed by atoms with Crippen molar-refractivity contribution in [3.8, 4) is 0 Å². The van der Waals surface area contributed by atoms with Crippen molar-refractivity contribution in [2.75, 3.05) is 19.6 Å².